The van der Waals surface area contributed by atoms with Crippen LogP contribution in [-0.4, -0.2) is 9.38 Å². The van der Waals surface area contributed by atoms with E-state index in [0.29, 0.717) is 0 Å². The predicted molar refractivity (Wildman–Crippen MR) is 65.4 cm³/mol. The Labute approximate surface area is 94.2 Å². The van der Waals surface area contributed by atoms with Crippen molar-refractivity contribution in [2.75, 3.05) is 0 Å². The molecule has 0 spiro atoms. The van der Waals surface area contributed by atoms with E-state index in [2.05, 4.69) is 46.8 Å². The van der Waals surface area contributed by atoms with E-state index in [9.17, 15) is 0 Å². The second kappa shape index (κ2) is 3.49. The molecule has 2 nitrogen and oxygen atoms in total. The van der Waals surface area contributed by atoms with E-state index in [4.69, 9.17) is 0 Å². The van der Waals surface area contributed by atoms with Crippen molar-refractivity contribution in [2.24, 2.45) is 0 Å². The highest BCUT2D eigenvalue weighted by atomic mass is 14.9. The summed E-state index contributed by atoms with van der Waals surface area (Å²) in [6.07, 6.45) is 5.79. The Hall–Kier alpha value is -2.09. The van der Waals surface area contributed by atoms with Crippen molar-refractivity contribution in [3.8, 4) is 11.3 Å². The third-order valence-corrected chi connectivity index (χ3v) is 2.81. The normalized spacial score (nSPS) is 10.8. The minimum atomic E-state index is 1.16. The van der Waals surface area contributed by atoms with Crippen molar-refractivity contribution >= 4 is 5.52 Å². The van der Waals surface area contributed by atoms with Crippen LogP contribution in [0.5, 0.6) is 0 Å². The second-order valence-electron chi connectivity index (χ2n) is 3.91. The van der Waals surface area contributed by atoms with E-state index in [0.717, 1.165) is 5.56 Å². The average molecular weight is 208 g/mol. The molecule has 3 aromatic rings. The summed E-state index contributed by atoms with van der Waals surface area (Å²) in [5.74, 6) is 0. The van der Waals surface area contributed by atoms with Gasteiger partial charge in [-0.05, 0) is 42.8 Å². The van der Waals surface area contributed by atoms with Crippen molar-refractivity contribution in [1.29, 1.82) is 0 Å². The number of nitrogens with zero attached hydrogens (tertiary/aromatic N) is 2. The average Bonchev–Trinajstić information content (AvgIpc) is 2.66. The molecule has 0 radical (unpaired) electrons. The summed E-state index contributed by atoms with van der Waals surface area (Å²) in [5.41, 5.74) is 4.88. The number of hydrogen-bond donors (Lipinski definition) is 0. The van der Waals surface area contributed by atoms with Gasteiger partial charge in [-0.2, -0.15) is 0 Å². The van der Waals surface area contributed by atoms with Crippen LogP contribution in [0.25, 0.3) is 16.8 Å². The molecule has 0 saturated heterocycles. The van der Waals surface area contributed by atoms with Crippen LogP contribution in [0.4, 0.5) is 0 Å². The van der Waals surface area contributed by atoms with Gasteiger partial charge < -0.3 is 4.40 Å². The van der Waals surface area contributed by atoms with E-state index >= 15 is 0 Å². The number of hydrogen-bond acceptors (Lipinski definition) is 1. The molecule has 3 aromatic heterocycles. The molecule has 0 unspecified atom stereocenters. The standard InChI is InChI=1S/C14H12N2/c1-11-9-13-6-2-3-8-16(13)14(11)12-5-4-7-15-10-12/h2-10H,1H3. The minimum absolute atomic E-state index is 1.16. The third-order valence-electron chi connectivity index (χ3n) is 2.81. The molecule has 3 heterocycles. The van der Waals surface area contributed by atoms with Gasteiger partial charge in [0, 0.05) is 29.7 Å². The summed E-state index contributed by atoms with van der Waals surface area (Å²) in [6, 6.07) is 12.5. The van der Waals surface area contributed by atoms with Crippen LogP contribution in [0.1, 0.15) is 5.56 Å². The highest BCUT2D eigenvalue weighted by Crippen LogP contribution is 2.25. The Bertz CT molecular complexity index is 624. The highest BCUT2D eigenvalue weighted by Gasteiger charge is 2.07. The smallest absolute Gasteiger partial charge is 0.0573 e. The lowest BCUT2D eigenvalue weighted by molar-refractivity contribution is 1.18. The van der Waals surface area contributed by atoms with Crippen LogP contribution >= 0.6 is 0 Å². The van der Waals surface area contributed by atoms with E-state index in [1.165, 1.54) is 16.8 Å². The zero-order chi connectivity index (χ0) is 11.0. The number of aromatic nitrogens is 2. The fourth-order valence-corrected chi connectivity index (χ4v) is 2.13. The summed E-state index contributed by atoms with van der Waals surface area (Å²) >= 11 is 0. The van der Waals surface area contributed by atoms with Crippen molar-refractivity contribution in [1.82, 2.24) is 9.38 Å². The first-order valence-corrected chi connectivity index (χ1v) is 5.33. The molecule has 78 valence electrons. The summed E-state index contributed by atoms with van der Waals surface area (Å²) in [5, 5.41) is 0. The largest absolute Gasteiger partial charge is 0.316 e. The van der Waals surface area contributed by atoms with Gasteiger partial charge in [-0.1, -0.05) is 6.07 Å². The Balaban J connectivity index is 2.35. The first kappa shape index (κ1) is 9.16. The molecule has 0 bridgehead atoms. The molecule has 2 heteroatoms. The molecule has 0 aliphatic carbocycles. The van der Waals surface area contributed by atoms with Crippen LogP contribution in [0.2, 0.25) is 0 Å². The molecule has 0 atom stereocenters. The Morgan fingerprint density at radius 1 is 1.12 bits per heavy atom. The number of aryl methyl sites for hydroxylation is 1. The van der Waals surface area contributed by atoms with Gasteiger partial charge in [-0.25, -0.2) is 0 Å². The fourth-order valence-electron chi connectivity index (χ4n) is 2.13. The van der Waals surface area contributed by atoms with E-state index in [1.807, 2.05) is 18.3 Å². The molecule has 0 saturated carbocycles. The van der Waals surface area contributed by atoms with Gasteiger partial charge >= 0.3 is 0 Å². The van der Waals surface area contributed by atoms with Gasteiger partial charge in [0.2, 0.25) is 0 Å². The SMILES string of the molecule is Cc1cc2ccccn2c1-c1cccnc1. The first-order valence-electron chi connectivity index (χ1n) is 5.33. The Kier molecular flexibility index (Phi) is 2.00. The molecule has 3 rings (SSSR count). The summed E-state index contributed by atoms with van der Waals surface area (Å²) < 4.78 is 2.20. The van der Waals surface area contributed by atoms with Crippen molar-refractivity contribution in [3.05, 3.63) is 60.6 Å². The zero-order valence-corrected chi connectivity index (χ0v) is 9.09. The van der Waals surface area contributed by atoms with Gasteiger partial charge in [0.05, 0.1) is 5.69 Å². The predicted octanol–water partition coefficient (Wildman–Crippen LogP) is 3.31. The lowest BCUT2D eigenvalue weighted by Gasteiger charge is -2.03. The number of rotatable bonds is 1. The maximum Gasteiger partial charge on any atom is 0.0573 e. The van der Waals surface area contributed by atoms with Gasteiger partial charge in [0.1, 0.15) is 0 Å². The van der Waals surface area contributed by atoms with Crippen molar-refractivity contribution in [2.45, 2.75) is 6.92 Å². The van der Waals surface area contributed by atoms with Gasteiger partial charge in [0.15, 0.2) is 0 Å². The summed E-state index contributed by atoms with van der Waals surface area (Å²) in [6.45, 7) is 2.13. The van der Waals surface area contributed by atoms with Crippen LogP contribution < -0.4 is 0 Å². The molecule has 0 fully saturated rings. The van der Waals surface area contributed by atoms with Crippen molar-refractivity contribution in [3.63, 3.8) is 0 Å². The minimum Gasteiger partial charge on any atom is -0.316 e. The van der Waals surface area contributed by atoms with Crippen molar-refractivity contribution < 1.29 is 0 Å². The highest BCUT2D eigenvalue weighted by molar-refractivity contribution is 5.70. The van der Waals surface area contributed by atoms with Gasteiger partial charge in [0.25, 0.3) is 0 Å². The van der Waals surface area contributed by atoms with Gasteiger partial charge in [-0.3, -0.25) is 4.98 Å². The quantitative estimate of drug-likeness (QED) is 0.599. The Morgan fingerprint density at radius 2 is 2.06 bits per heavy atom. The molecular weight excluding hydrogens is 196 g/mol. The van der Waals surface area contributed by atoms with Crippen LogP contribution in [0.15, 0.2) is 55.0 Å². The molecule has 0 aliphatic heterocycles. The number of pyridine rings is 2. The van der Waals surface area contributed by atoms with Crippen LogP contribution in [0.3, 0.4) is 0 Å². The topological polar surface area (TPSA) is 17.3 Å². The second-order valence-corrected chi connectivity index (χ2v) is 3.91. The van der Waals surface area contributed by atoms with E-state index in [1.54, 1.807) is 6.20 Å². The van der Waals surface area contributed by atoms with Crippen LogP contribution in [-0.2, 0) is 0 Å². The molecule has 0 aromatic carbocycles. The van der Waals surface area contributed by atoms with E-state index in [-0.39, 0.29) is 0 Å². The Morgan fingerprint density at radius 3 is 2.88 bits per heavy atom. The molecule has 16 heavy (non-hydrogen) atoms. The monoisotopic (exact) mass is 208 g/mol. The summed E-state index contributed by atoms with van der Waals surface area (Å²) in [4.78, 5) is 4.18. The zero-order valence-electron chi connectivity index (χ0n) is 9.09. The van der Waals surface area contributed by atoms with Gasteiger partial charge in [-0.15, -0.1) is 0 Å². The molecular formula is C14H12N2. The molecule has 0 aliphatic rings. The third kappa shape index (κ3) is 1.31. The number of fused-ring (bicyclic) bond motifs is 1. The van der Waals surface area contributed by atoms with Crippen LogP contribution in [0, 0.1) is 6.92 Å². The molecule has 0 amide bonds. The molecule has 0 N–H and O–H groups in total. The maximum atomic E-state index is 4.18. The fraction of sp³-hybridized carbons (Fsp3) is 0.0714. The first-order chi connectivity index (χ1) is 7.86. The van der Waals surface area contributed by atoms with E-state index < -0.39 is 0 Å². The summed E-state index contributed by atoms with van der Waals surface area (Å²) in [7, 11) is 0. The lowest BCUT2D eigenvalue weighted by Crippen LogP contribution is -1.88. The maximum absolute atomic E-state index is 4.18. The lowest BCUT2D eigenvalue weighted by atomic mass is 10.1.